The zero-order valence-corrected chi connectivity index (χ0v) is 15.3. The molecule has 0 fully saturated rings. The number of hydrogen-bond donors (Lipinski definition) is 0. The Bertz CT molecular complexity index is 722. The maximum atomic E-state index is 11.6. The van der Waals surface area contributed by atoms with E-state index in [1.54, 1.807) is 30.4 Å². The number of carbonyl (C=O) groups excluding carboxylic acids is 1. The van der Waals surface area contributed by atoms with E-state index in [1.165, 1.54) is 21.4 Å². The zero-order valence-electron chi connectivity index (χ0n) is 13.7. The molecule has 5 heteroatoms. The van der Waals surface area contributed by atoms with Crippen LogP contribution in [0.4, 0.5) is 0 Å². The van der Waals surface area contributed by atoms with Crippen molar-refractivity contribution < 1.29 is 9.53 Å². The fourth-order valence-corrected chi connectivity index (χ4v) is 4.27. The monoisotopic (exact) mass is 345 g/mol. The molecule has 0 unspecified atom stereocenters. The first-order chi connectivity index (χ1) is 10.8. The van der Waals surface area contributed by atoms with Gasteiger partial charge in [-0.2, -0.15) is 5.26 Å². The molecular formula is C18H19NO2S2. The molecule has 120 valence electrons. The number of benzene rings is 1. The van der Waals surface area contributed by atoms with Crippen LogP contribution in [-0.2, 0) is 14.9 Å². The van der Waals surface area contributed by atoms with Gasteiger partial charge in [0, 0.05) is 14.0 Å². The number of ether oxygens (including phenoxy) is 1. The fourth-order valence-electron chi connectivity index (χ4n) is 1.96. The van der Waals surface area contributed by atoms with E-state index in [0.717, 1.165) is 4.24 Å². The van der Waals surface area contributed by atoms with Crippen molar-refractivity contribution in [2.45, 2.75) is 42.9 Å². The number of carbonyl (C=O) groups is 1. The predicted octanol–water partition coefficient (Wildman–Crippen LogP) is 5.04. The number of fused-ring (bicyclic) bond motifs is 1. The second-order valence-electron chi connectivity index (χ2n) is 6.01. The van der Waals surface area contributed by atoms with Gasteiger partial charge >= 0.3 is 5.97 Å². The molecule has 1 aliphatic rings. The van der Waals surface area contributed by atoms with Gasteiger partial charge in [0.2, 0.25) is 0 Å². The highest BCUT2D eigenvalue weighted by molar-refractivity contribution is 8.24. The molecule has 2 rings (SSSR count). The molecule has 1 aliphatic heterocycles. The van der Waals surface area contributed by atoms with Crippen LogP contribution < -0.4 is 0 Å². The molecule has 0 spiro atoms. The number of thioether (sulfide) groups is 2. The van der Waals surface area contributed by atoms with E-state index in [1.807, 2.05) is 12.1 Å². The van der Waals surface area contributed by atoms with E-state index in [2.05, 4.69) is 39.0 Å². The summed E-state index contributed by atoms with van der Waals surface area (Å²) in [5.74, 6) is -0.577. The first kappa shape index (κ1) is 17.7. The van der Waals surface area contributed by atoms with E-state index in [-0.39, 0.29) is 17.6 Å². The lowest BCUT2D eigenvalue weighted by Crippen LogP contribution is -2.10. The molecule has 0 bridgehead atoms. The molecule has 0 aliphatic carbocycles. The summed E-state index contributed by atoms with van der Waals surface area (Å²) in [7, 11) is 0. The average Bonchev–Trinajstić information content (AvgIpc) is 2.89. The third kappa shape index (κ3) is 4.43. The van der Waals surface area contributed by atoms with Crippen molar-refractivity contribution in [1.82, 2.24) is 0 Å². The molecule has 0 radical (unpaired) electrons. The van der Waals surface area contributed by atoms with Crippen molar-refractivity contribution in [3.8, 4) is 6.07 Å². The number of nitrogens with zero attached hydrogens (tertiary/aromatic N) is 1. The largest absolute Gasteiger partial charge is 0.462 e. The maximum Gasteiger partial charge on any atom is 0.348 e. The Kier molecular flexibility index (Phi) is 5.61. The summed E-state index contributed by atoms with van der Waals surface area (Å²) < 4.78 is 5.90. The van der Waals surface area contributed by atoms with Gasteiger partial charge in [0.1, 0.15) is 11.6 Å². The minimum Gasteiger partial charge on any atom is -0.462 e. The number of esters is 1. The van der Waals surface area contributed by atoms with Crippen LogP contribution in [0.1, 0.15) is 33.3 Å². The van der Waals surface area contributed by atoms with E-state index < -0.39 is 5.97 Å². The first-order valence-corrected chi connectivity index (χ1v) is 8.98. The second-order valence-corrected chi connectivity index (χ2v) is 8.44. The lowest BCUT2D eigenvalue weighted by Gasteiger charge is -2.19. The Balaban J connectivity index is 2.19. The van der Waals surface area contributed by atoms with Crippen LogP contribution in [0.5, 0.6) is 0 Å². The third-order valence-corrected chi connectivity index (χ3v) is 5.67. The molecule has 1 aromatic carbocycles. The standard InChI is InChI=1S/C18H19NO2S2/c1-5-21-17(20)12(11-19)6-9-16-22-14-8-7-13(18(2,3)4)10-15(14)23-16/h6-10H,5H2,1-4H3. The highest BCUT2D eigenvalue weighted by atomic mass is 32.2. The lowest BCUT2D eigenvalue weighted by molar-refractivity contribution is -0.138. The third-order valence-electron chi connectivity index (χ3n) is 3.23. The summed E-state index contributed by atoms with van der Waals surface area (Å²) in [6.07, 6.45) is 3.34. The molecule has 0 saturated heterocycles. The van der Waals surface area contributed by atoms with Crippen molar-refractivity contribution in [2.75, 3.05) is 6.61 Å². The van der Waals surface area contributed by atoms with Crippen LogP contribution in [0.2, 0.25) is 0 Å². The predicted molar refractivity (Wildman–Crippen MR) is 95.3 cm³/mol. The Hall–Kier alpha value is -1.64. The van der Waals surface area contributed by atoms with Gasteiger partial charge in [0.15, 0.2) is 0 Å². The Morgan fingerprint density at radius 2 is 2.00 bits per heavy atom. The summed E-state index contributed by atoms with van der Waals surface area (Å²) in [6, 6.07) is 8.39. The minimum atomic E-state index is -0.577. The number of rotatable bonds is 3. The van der Waals surface area contributed by atoms with Crippen molar-refractivity contribution in [3.05, 3.63) is 45.7 Å². The molecule has 23 heavy (non-hydrogen) atoms. The fraction of sp³-hybridized carbons (Fsp3) is 0.333. The molecular weight excluding hydrogens is 326 g/mol. The molecule has 3 nitrogen and oxygen atoms in total. The SMILES string of the molecule is CCOC(=O)C(C#N)=CC=C1Sc2ccc(C(C)(C)C)cc2S1. The lowest BCUT2D eigenvalue weighted by atomic mass is 9.87. The number of allylic oxidation sites excluding steroid dienone is 2. The second kappa shape index (κ2) is 7.29. The van der Waals surface area contributed by atoms with Crippen molar-refractivity contribution in [3.63, 3.8) is 0 Å². The maximum absolute atomic E-state index is 11.6. The Labute approximate surface area is 145 Å². The molecule has 1 aromatic rings. The summed E-state index contributed by atoms with van der Waals surface area (Å²) in [5, 5.41) is 9.03. The Morgan fingerprint density at radius 3 is 2.61 bits per heavy atom. The molecule has 0 atom stereocenters. The molecule has 0 saturated carbocycles. The van der Waals surface area contributed by atoms with Gasteiger partial charge in [-0.05, 0) is 42.2 Å². The zero-order chi connectivity index (χ0) is 17.0. The average molecular weight is 345 g/mol. The van der Waals surface area contributed by atoms with Gasteiger partial charge in [-0.1, -0.05) is 50.4 Å². The number of nitriles is 1. The van der Waals surface area contributed by atoms with Gasteiger partial charge in [-0.3, -0.25) is 0 Å². The van der Waals surface area contributed by atoms with Crippen LogP contribution in [0.3, 0.4) is 0 Å². The van der Waals surface area contributed by atoms with Gasteiger partial charge in [-0.15, -0.1) is 0 Å². The van der Waals surface area contributed by atoms with E-state index in [0.29, 0.717) is 0 Å². The molecule has 0 aromatic heterocycles. The van der Waals surface area contributed by atoms with Crippen LogP contribution in [0.15, 0.2) is 50.0 Å². The van der Waals surface area contributed by atoms with E-state index >= 15 is 0 Å². The minimum absolute atomic E-state index is 0.0203. The topological polar surface area (TPSA) is 50.1 Å². The summed E-state index contributed by atoms with van der Waals surface area (Å²) in [4.78, 5) is 14.0. The molecule has 1 heterocycles. The van der Waals surface area contributed by atoms with Gasteiger partial charge < -0.3 is 4.74 Å². The Morgan fingerprint density at radius 1 is 1.30 bits per heavy atom. The van der Waals surface area contributed by atoms with E-state index in [4.69, 9.17) is 10.00 Å². The molecule has 0 amide bonds. The van der Waals surface area contributed by atoms with Crippen molar-refractivity contribution in [2.24, 2.45) is 0 Å². The van der Waals surface area contributed by atoms with Crippen molar-refractivity contribution in [1.29, 1.82) is 5.26 Å². The molecule has 0 N–H and O–H groups in total. The summed E-state index contributed by atoms with van der Waals surface area (Å²) >= 11 is 3.31. The van der Waals surface area contributed by atoms with Crippen LogP contribution in [-0.4, -0.2) is 12.6 Å². The van der Waals surface area contributed by atoms with Crippen molar-refractivity contribution >= 4 is 29.5 Å². The van der Waals surface area contributed by atoms with Gasteiger partial charge in [-0.25, -0.2) is 4.79 Å². The summed E-state index contributed by atoms with van der Waals surface area (Å²) in [5.41, 5.74) is 1.43. The quantitative estimate of drug-likeness (QED) is 0.436. The van der Waals surface area contributed by atoms with Gasteiger partial charge in [0.25, 0.3) is 0 Å². The normalized spacial score (nSPS) is 16.1. The van der Waals surface area contributed by atoms with Gasteiger partial charge in [0.05, 0.1) is 6.61 Å². The smallest absolute Gasteiger partial charge is 0.348 e. The number of hydrogen-bond acceptors (Lipinski definition) is 5. The van der Waals surface area contributed by atoms with E-state index in [9.17, 15) is 4.79 Å². The van der Waals surface area contributed by atoms with Crippen LogP contribution in [0, 0.1) is 11.3 Å². The highest BCUT2D eigenvalue weighted by Crippen LogP contribution is 2.51. The highest BCUT2D eigenvalue weighted by Gasteiger charge is 2.21. The summed E-state index contributed by atoms with van der Waals surface area (Å²) in [6.45, 7) is 8.56. The van der Waals surface area contributed by atoms with Crippen LogP contribution >= 0.6 is 23.5 Å². The van der Waals surface area contributed by atoms with Crippen LogP contribution in [0.25, 0.3) is 0 Å². The first-order valence-electron chi connectivity index (χ1n) is 7.34.